The number of aromatic nitrogens is 2. The molecule has 8 nitrogen and oxygen atoms in total. The Bertz CT molecular complexity index is 726. The van der Waals surface area contributed by atoms with Crippen molar-refractivity contribution in [2.75, 3.05) is 24.3 Å². The Kier molecular flexibility index (Phi) is 5.03. The summed E-state index contributed by atoms with van der Waals surface area (Å²) in [7, 11) is 2.68. The molecule has 0 saturated carbocycles. The molecule has 0 bridgehead atoms. The summed E-state index contributed by atoms with van der Waals surface area (Å²) in [6, 6.07) is 0. The number of ether oxygens (including phenoxy) is 1. The third-order valence-corrected chi connectivity index (χ3v) is 4.63. The van der Waals surface area contributed by atoms with Crippen LogP contribution < -0.4 is 4.90 Å². The zero-order valence-electron chi connectivity index (χ0n) is 11.3. The molecule has 1 saturated heterocycles. The molecule has 1 unspecified atom stereocenters. The first-order valence-corrected chi connectivity index (χ1v) is 9.32. The predicted molar refractivity (Wildman–Crippen MR) is 81.2 cm³/mol. The summed E-state index contributed by atoms with van der Waals surface area (Å²) in [6.45, 7) is 0.0884. The van der Waals surface area contributed by atoms with Gasteiger partial charge in [-0.2, -0.15) is 0 Å². The lowest BCUT2D eigenvalue weighted by atomic mass is 10.1. The van der Waals surface area contributed by atoms with E-state index in [0.29, 0.717) is 4.60 Å². The molecule has 1 aromatic rings. The van der Waals surface area contributed by atoms with Gasteiger partial charge in [0.15, 0.2) is 11.5 Å². The van der Waals surface area contributed by atoms with Crippen LogP contribution in [0.5, 0.6) is 0 Å². The molecule has 1 aliphatic rings. The molecule has 1 amide bonds. The van der Waals surface area contributed by atoms with Crippen LogP contribution in [0.3, 0.4) is 0 Å². The van der Waals surface area contributed by atoms with Gasteiger partial charge in [-0.3, -0.25) is 9.69 Å². The Labute approximate surface area is 139 Å². The zero-order valence-corrected chi connectivity index (χ0v) is 14.5. The van der Waals surface area contributed by atoms with Gasteiger partial charge in [0, 0.05) is 29.6 Å². The molecule has 0 aromatic carbocycles. The number of hydrogen-bond donors (Lipinski definition) is 0. The highest BCUT2D eigenvalue weighted by atomic mass is 79.9. The summed E-state index contributed by atoms with van der Waals surface area (Å²) >= 11 is 3.09. The molecule has 2 rings (SSSR count). The Morgan fingerprint density at radius 2 is 2.27 bits per heavy atom. The molecule has 1 fully saturated rings. The summed E-state index contributed by atoms with van der Waals surface area (Å²) in [5.74, 6) is -1.86. The van der Waals surface area contributed by atoms with Gasteiger partial charge < -0.3 is 4.74 Å². The first kappa shape index (κ1) is 17.1. The van der Waals surface area contributed by atoms with Crippen molar-refractivity contribution in [3.05, 3.63) is 16.5 Å². The largest absolute Gasteiger partial charge is 0.464 e. The van der Waals surface area contributed by atoms with Gasteiger partial charge in [-0.15, -0.1) is 0 Å². The van der Waals surface area contributed by atoms with Gasteiger partial charge in [-0.05, 0) is 15.9 Å². The lowest BCUT2D eigenvalue weighted by Gasteiger charge is -2.17. The minimum atomic E-state index is -3.72. The number of rotatable bonds is 4. The van der Waals surface area contributed by atoms with Crippen LogP contribution in [0.4, 0.5) is 5.82 Å². The SMILES string of the molecule is COC(=O)c1nc(Br)cnc1N1CC(CS(=O)(=O)Cl)CC1=O. The molecule has 1 aliphatic heterocycles. The second kappa shape index (κ2) is 6.47. The molecule has 0 aliphatic carbocycles. The minimum absolute atomic E-state index is 0.00427. The van der Waals surface area contributed by atoms with Crippen LogP contribution in [-0.2, 0) is 18.6 Å². The molecule has 0 radical (unpaired) electrons. The topological polar surface area (TPSA) is 107 Å². The molecule has 0 N–H and O–H groups in total. The van der Waals surface area contributed by atoms with E-state index in [9.17, 15) is 18.0 Å². The van der Waals surface area contributed by atoms with E-state index >= 15 is 0 Å². The molecule has 2 heterocycles. The van der Waals surface area contributed by atoms with Crippen molar-refractivity contribution in [2.45, 2.75) is 6.42 Å². The van der Waals surface area contributed by atoms with Crippen molar-refractivity contribution in [2.24, 2.45) is 5.92 Å². The van der Waals surface area contributed by atoms with Gasteiger partial charge in [0.25, 0.3) is 0 Å². The van der Waals surface area contributed by atoms with Gasteiger partial charge in [-0.25, -0.2) is 23.2 Å². The molecule has 11 heteroatoms. The fourth-order valence-electron chi connectivity index (χ4n) is 2.17. The normalized spacial score (nSPS) is 18.6. The number of carbonyl (C=O) groups excluding carboxylic acids is 2. The highest BCUT2D eigenvalue weighted by molar-refractivity contribution is 9.10. The smallest absolute Gasteiger partial charge is 0.360 e. The molecular weight excluding hydrogens is 402 g/mol. The van der Waals surface area contributed by atoms with E-state index in [0.717, 1.165) is 0 Å². The second-order valence-electron chi connectivity index (χ2n) is 4.64. The maximum atomic E-state index is 12.1. The summed E-state index contributed by atoms with van der Waals surface area (Å²) in [4.78, 5) is 33.0. The fraction of sp³-hybridized carbons (Fsp3) is 0.455. The average molecular weight is 413 g/mol. The van der Waals surface area contributed by atoms with E-state index in [1.807, 2.05) is 0 Å². The summed E-state index contributed by atoms with van der Waals surface area (Å²) < 4.78 is 27.2. The van der Waals surface area contributed by atoms with Gasteiger partial charge in [0.2, 0.25) is 15.0 Å². The lowest BCUT2D eigenvalue weighted by molar-refractivity contribution is -0.117. The Hall–Kier alpha value is -1.26. The monoisotopic (exact) mass is 411 g/mol. The van der Waals surface area contributed by atoms with E-state index in [-0.39, 0.29) is 36.1 Å². The van der Waals surface area contributed by atoms with Crippen LogP contribution in [0.25, 0.3) is 0 Å². The molecule has 0 spiro atoms. The maximum Gasteiger partial charge on any atom is 0.360 e. The Morgan fingerprint density at radius 3 is 2.86 bits per heavy atom. The summed E-state index contributed by atoms with van der Waals surface area (Å²) in [5.41, 5.74) is -0.125. The van der Waals surface area contributed by atoms with Crippen molar-refractivity contribution in [1.29, 1.82) is 0 Å². The number of methoxy groups -OCH3 is 1. The molecule has 120 valence electrons. The van der Waals surface area contributed by atoms with Crippen LogP contribution in [0.2, 0.25) is 0 Å². The van der Waals surface area contributed by atoms with Crippen LogP contribution in [-0.4, -0.2) is 49.7 Å². The standard InChI is InChI=1S/C11H11BrClN3O5S/c1-21-11(18)9-10(14-3-7(12)15-9)16-4-6(2-8(16)17)5-22(13,19)20/h3,6H,2,4-5H2,1H3. The van der Waals surface area contributed by atoms with Crippen LogP contribution in [0, 0.1) is 5.92 Å². The number of esters is 1. The van der Waals surface area contributed by atoms with Crippen molar-refractivity contribution in [3.8, 4) is 0 Å². The first-order valence-electron chi connectivity index (χ1n) is 6.05. The van der Waals surface area contributed by atoms with E-state index in [2.05, 4.69) is 30.6 Å². The summed E-state index contributed by atoms with van der Waals surface area (Å²) in [6.07, 6.45) is 1.34. The van der Waals surface area contributed by atoms with Gasteiger partial charge in [0.1, 0.15) is 4.60 Å². The fourth-order valence-corrected chi connectivity index (χ4v) is 3.77. The molecular formula is C11H11BrClN3O5S. The summed E-state index contributed by atoms with van der Waals surface area (Å²) in [5, 5.41) is 0. The Balaban J connectivity index is 2.32. The maximum absolute atomic E-state index is 12.1. The zero-order chi connectivity index (χ0) is 16.5. The number of nitrogens with zero attached hydrogens (tertiary/aromatic N) is 3. The van der Waals surface area contributed by atoms with Gasteiger partial charge in [0.05, 0.1) is 19.1 Å². The van der Waals surface area contributed by atoms with Gasteiger partial charge >= 0.3 is 5.97 Å². The van der Waals surface area contributed by atoms with Crippen molar-refractivity contribution >= 4 is 53.4 Å². The van der Waals surface area contributed by atoms with E-state index in [4.69, 9.17) is 10.7 Å². The molecule has 22 heavy (non-hydrogen) atoms. The quantitative estimate of drug-likeness (QED) is 0.535. The van der Waals surface area contributed by atoms with Crippen LogP contribution in [0.1, 0.15) is 16.9 Å². The Morgan fingerprint density at radius 1 is 1.59 bits per heavy atom. The molecule has 1 atom stereocenters. The van der Waals surface area contributed by atoms with Crippen molar-refractivity contribution in [3.63, 3.8) is 0 Å². The number of halogens is 2. The van der Waals surface area contributed by atoms with Crippen LogP contribution >= 0.6 is 26.6 Å². The first-order chi connectivity index (χ1) is 10.2. The highest BCUT2D eigenvalue weighted by Crippen LogP contribution is 2.28. The minimum Gasteiger partial charge on any atom is -0.464 e. The number of carbonyl (C=O) groups is 2. The molecule has 1 aromatic heterocycles. The highest BCUT2D eigenvalue weighted by Gasteiger charge is 2.36. The second-order valence-corrected chi connectivity index (χ2v) is 8.27. The number of anilines is 1. The van der Waals surface area contributed by atoms with Crippen molar-refractivity contribution in [1.82, 2.24) is 9.97 Å². The van der Waals surface area contributed by atoms with E-state index < -0.39 is 20.9 Å². The number of amides is 1. The van der Waals surface area contributed by atoms with E-state index in [1.165, 1.54) is 18.2 Å². The number of hydrogen-bond acceptors (Lipinski definition) is 7. The van der Waals surface area contributed by atoms with Gasteiger partial charge in [-0.1, -0.05) is 0 Å². The van der Waals surface area contributed by atoms with Crippen LogP contribution in [0.15, 0.2) is 10.8 Å². The average Bonchev–Trinajstić information content (AvgIpc) is 2.76. The van der Waals surface area contributed by atoms with E-state index in [1.54, 1.807) is 0 Å². The lowest BCUT2D eigenvalue weighted by Crippen LogP contribution is -2.29. The van der Waals surface area contributed by atoms with Crippen molar-refractivity contribution < 1.29 is 22.7 Å². The third kappa shape index (κ3) is 3.93. The predicted octanol–water partition coefficient (Wildman–Crippen LogP) is 0.947. The third-order valence-electron chi connectivity index (χ3n) is 3.00.